The smallest absolute Gasteiger partial charge is 0.229 e. The molecule has 1 amide bonds. The number of nitrogen functional groups attached to an aromatic ring is 1. The highest BCUT2D eigenvalue weighted by Gasteiger charge is 2.27. The van der Waals surface area contributed by atoms with Gasteiger partial charge in [-0.05, 0) is 62.1 Å². The van der Waals surface area contributed by atoms with Crippen LogP contribution in [0.4, 0.5) is 37.7 Å². The zero-order valence-electron chi connectivity index (χ0n) is 19.6. The maximum absolute atomic E-state index is 14.4. The van der Waals surface area contributed by atoms with E-state index in [1.54, 1.807) is 18.3 Å². The molecule has 36 heavy (non-hydrogen) atoms. The SMILES string of the molecule is CC(=O)NC1CCC(n2c(Nc3ccc(F)cc3F)nc3cnc(Nc4ccc(N)cc4)nc32)CC1. The number of nitrogens with one attached hydrogen (secondary N) is 3. The Morgan fingerprint density at radius 2 is 1.78 bits per heavy atom. The van der Waals surface area contributed by atoms with Crippen LogP contribution in [0.15, 0.2) is 48.7 Å². The number of aromatic nitrogens is 4. The molecule has 0 unspecified atom stereocenters. The molecular formula is C25H26F2N8O. The van der Waals surface area contributed by atoms with Gasteiger partial charge >= 0.3 is 0 Å². The van der Waals surface area contributed by atoms with Crippen LogP contribution >= 0.6 is 0 Å². The molecule has 0 atom stereocenters. The highest BCUT2D eigenvalue weighted by molar-refractivity contribution is 5.77. The van der Waals surface area contributed by atoms with Crippen molar-refractivity contribution in [1.82, 2.24) is 24.8 Å². The second-order valence-corrected chi connectivity index (χ2v) is 8.91. The summed E-state index contributed by atoms with van der Waals surface area (Å²) in [7, 11) is 0. The summed E-state index contributed by atoms with van der Waals surface area (Å²) in [5.74, 6) is -0.670. The van der Waals surface area contributed by atoms with E-state index in [4.69, 9.17) is 10.7 Å². The number of benzene rings is 2. The lowest BCUT2D eigenvalue weighted by Gasteiger charge is -2.30. The van der Waals surface area contributed by atoms with Crippen molar-refractivity contribution < 1.29 is 13.6 Å². The van der Waals surface area contributed by atoms with Gasteiger partial charge in [0.1, 0.15) is 17.2 Å². The van der Waals surface area contributed by atoms with E-state index >= 15 is 0 Å². The summed E-state index contributed by atoms with van der Waals surface area (Å²) in [5.41, 5.74) is 8.41. The lowest BCUT2D eigenvalue weighted by atomic mass is 9.91. The van der Waals surface area contributed by atoms with Gasteiger partial charge in [0.05, 0.1) is 11.9 Å². The molecule has 0 saturated heterocycles. The van der Waals surface area contributed by atoms with Crippen molar-refractivity contribution in [3.05, 3.63) is 60.3 Å². The van der Waals surface area contributed by atoms with Crippen LogP contribution in [0.5, 0.6) is 0 Å². The number of imidazole rings is 1. The largest absolute Gasteiger partial charge is 0.399 e. The number of nitrogens with zero attached hydrogens (tertiary/aromatic N) is 4. The van der Waals surface area contributed by atoms with Gasteiger partial charge in [0.25, 0.3) is 0 Å². The number of amides is 1. The molecule has 0 bridgehead atoms. The maximum atomic E-state index is 14.4. The second kappa shape index (κ2) is 9.76. The van der Waals surface area contributed by atoms with Gasteiger partial charge in [0, 0.05) is 36.4 Å². The fraction of sp³-hybridized carbons (Fsp3) is 0.280. The number of fused-ring (bicyclic) bond motifs is 1. The van der Waals surface area contributed by atoms with Crippen LogP contribution in [0.25, 0.3) is 11.2 Å². The molecule has 2 aromatic carbocycles. The Morgan fingerprint density at radius 1 is 1.03 bits per heavy atom. The summed E-state index contributed by atoms with van der Waals surface area (Å²) in [6.45, 7) is 1.52. The molecule has 4 aromatic rings. The summed E-state index contributed by atoms with van der Waals surface area (Å²) in [4.78, 5) is 25.2. The molecule has 9 nitrogen and oxygen atoms in total. The highest BCUT2D eigenvalue weighted by atomic mass is 19.1. The maximum Gasteiger partial charge on any atom is 0.229 e. The fourth-order valence-electron chi connectivity index (χ4n) is 4.56. The molecule has 5 rings (SSSR count). The molecule has 1 aliphatic carbocycles. The first-order valence-electron chi connectivity index (χ1n) is 11.7. The minimum Gasteiger partial charge on any atom is -0.399 e. The third-order valence-corrected chi connectivity index (χ3v) is 6.25. The van der Waals surface area contributed by atoms with E-state index < -0.39 is 11.6 Å². The molecule has 0 radical (unpaired) electrons. The number of halogens is 2. The number of carbonyl (C=O) groups excluding carboxylic acids is 1. The summed E-state index contributed by atoms with van der Waals surface area (Å²) in [6.07, 6.45) is 4.71. The predicted octanol–water partition coefficient (Wildman–Crippen LogP) is 4.79. The van der Waals surface area contributed by atoms with Crippen molar-refractivity contribution in [3.8, 4) is 0 Å². The number of anilines is 5. The van der Waals surface area contributed by atoms with Crippen LogP contribution < -0.4 is 21.7 Å². The molecule has 2 heterocycles. The molecule has 186 valence electrons. The van der Waals surface area contributed by atoms with Gasteiger partial charge in [-0.2, -0.15) is 4.98 Å². The number of hydrogen-bond donors (Lipinski definition) is 4. The van der Waals surface area contributed by atoms with Crippen LogP contribution in [-0.4, -0.2) is 31.5 Å². The minimum absolute atomic E-state index is 0.00490. The van der Waals surface area contributed by atoms with Gasteiger partial charge in [-0.1, -0.05) is 0 Å². The van der Waals surface area contributed by atoms with E-state index in [-0.39, 0.29) is 23.7 Å². The molecule has 0 aliphatic heterocycles. The van der Waals surface area contributed by atoms with E-state index in [0.29, 0.717) is 28.7 Å². The van der Waals surface area contributed by atoms with E-state index in [9.17, 15) is 13.6 Å². The third-order valence-electron chi connectivity index (χ3n) is 6.25. The summed E-state index contributed by atoms with van der Waals surface area (Å²) >= 11 is 0. The van der Waals surface area contributed by atoms with Gasteiger partial charge in [0.2, 0.25) is 17.8 Å². The molecule has 1 saturated carbocycles. The molecular weight excluding hydrogens is 466 g/mol. The summed E-state index contributed by atoms with van der Waals surface area (Å²) in [6, 6.07) is 10.7. The van der Waals surface area contributed by atoms with Crippen molar-refractivity contribution in [1.29, 1.82) is 0 Å². The monoisotopic (exact) mass is 492 g/mol. The Bertz CT molecular complexity index is 1400. The molecule has 2 aromatic heterocycles. The van der Waals surface area contributed by atoms with Gasteiger partial charge in [0.15, 0.2) is 5.65 Å². The normalized spacial score (nSPS) is 17.6. The van der Waals surface area contributed by atoms with Crippen molar-refractivity contribution in [2.75, 3.05) is 16.4 Å². The predicted molar refractivity (Wildman–Crippen MR) is 134 cm³/mol. The zero-order chi connectivity index (χ0) is 25.2. The molecule has 1 aliphatic rings. The topological polar surface area (TPSA) is 123 Å². The Kier molecular flexibility index (Phi) is 6.36. The summed E-state index contributed by atoms with van der Waals surface area (Å²) in [5, 5.41) is 9.16. The first kappa shape index (κ1) is 23.5. The summed E-state index contributed by atoms with van der Waals surface area (Å²) < 4.78 is 29.8. The first-order chi connectivity index (χ1) is 17.4. The van der Waals surface area contributed by atoms with E-state index in [1.165, 1.54) is 19.1 Å². The van der Waals surface area contributed by atoms with Crippen molar-refractivity contribution in [2.24, 2.45) is 0 Å². The third kappa shape index (κ3) is 5.04. The van der Waals surface area contributed by atoms with E-state index in [1.807, 2.05) is 16.7 Å². The van der Waals surface area contributed by atoms with Crippen LogP contribution in [0.1, 0.15) is 38.6 Å². The standard InChI is InChI=1S/C25H26F2N8O/c1-14(36)30-17-7-9-19(10-8-17)35-23-22(33-25(35)32-21-11-2-15(26)12-20(21)27)13-29-24(34-23)31-18-5-3-16(28)4-6-18/h2-6,11-13,17,19H,7-10,28H2,1H3,(H,30,36)(H,32,33)(H,29,31,34). The van der Waals surface area contributed by atoms with Crippen LogP contribution in [-0.2, 0) is 4.79 Å². The number of nitrogens with two attached hydrogens (primary N) is 1. The molecule has 1 fully saturated rings. The van der Waals surface area contributed by atoms with E-state index in [0.717, 1.165) is 37.4 Å². The van der Waals surface area contributed by atoms with Gasteiger partial charge in [-0.3, -0.25) is 9.36 Å². The van der Waals surface area contributed by atoms with Crippen molar-refractivity contribution in [2.45, 2.75) is 44.7 Å². The van der Waals surface area contributed by atoms with Crippen molar-refractivity contribution in [3.63, 3.8) is 0 Å². The second-order valence-electron chi connectivity index (χ2n) is 8.91. The molecule has 5 N–H and O–H groups in total. The lowest BCUT2D eigenvalue weighted by molar-refractivity contribution is -0.119. The van der Waals surface area contributed by atoms with Gasteiger partial charge in [-0.25, -0.2) is 18.7 Å². The number of carbonyl (C=O) groups is 1. The number of hydrogen-bond acceptors (Lipinski definition) is 7. The Hall–Kier alpha value is -4.28. The zero-order valence-corrected chi connectivity index (χ0v) is 19.6. The van der Waals surface area contributed by atoms with Crippen LogP contribution in [0.3, 0.4) is 0 Å². The quantitative estimate of drug-likeness (QED) is 0.285. The van der Waals surface area contributed by atoms with Crippen LogP contribution in [0.2, 0.25) is 0 Å². The molecule has 0 spiro atoms. The van der Waals surface area contributed by atoms with Crippen molar-refractivity contribution >= 4 is 46.0 Å². The lowest BCUT2D eigenvalue weighted by Crippen LogP contribution is -2.36. The highest BCUT2D eigenvalue weighted by Crippen LogP contribution is 2.35. The fourth-order valence-corrected chi connectivity index (χ4v) is 4.56. The Balaban J connectivity index is 1.50. The van der Waals surface area contributed by atoms with E-state index in [2.05, 4.69) is 25.9 Å². The van der Waals surface area contributed by atoms with Gasteiger partial charge in [-0.15, -0.1) is 0 Å². The Labute approximate surface area is 206 Å². The Morgan fingerprint density at radius 3 is 2.47 bits per heavy atom. The van der Waals surface area contributed by atoms with Crippen LogP contribution in [0, 0.1) is 11.6 Å². The first-order valence-corrected chi connectivity index (χ1v) is 11.7. The number of rotatable bonds is 6. The van der Waals surface area contributed by atoms with Gasteiger partial charge < -0.3 is 21.7 Å². The minimum atomic E-state index is -0.722. The average Bonchev–Trinajstić information content (AvgIpc) is 3.20. The average molecular weight is 493 g/mol. The molecule has 11 heteroatoms.